The van der Waals surface area contributed by atoms with E-state index >= 15 is 0 Å². The highest BCUT2D eigenvalue weighted by atomic mass is 16.6. The minimum Gasteiger partial charge on any atom is -0.497 e. The number of methoxy groups -OCH3 is 2. The topological polar surface area (TPSA) is 69.1 Å². The van der Waals surface area contributed by atoms with Crippen molar-refractivity contribution >= 4 is 12.1 Å². The summed E-state index contributed by atoms with van der Waals surface area (Å²) in [5.74, 6) is 1.74. The van der Waals surface area contributed by atoms with E-state index in [1.165, 1.54) is 25.5 Å². The molecule has 2 atom stereocenters. The van der Waals surface area contributed by atoms with Gasteiger partial charge in [0.2, 0.25) is 0 Å². The van der Waals surface area contributed by atoms with Crippen molar-refractivity contribution in [3.63, 3.8) is 0 Å². The molecule has 1 aliphatic rings. The van der Waals surface area contributed by atoms with Gasteiger partial charge in [0.1, 0.15) is 11.5 Å². The minimum absolute atomic E-state index is 0.0913. The van der Waals surface area contributed by atoms with Crippen LogP contribution in [0.25, 0.3) is 0 Å². The van der Waals surface area contributed by atoms with Gasteiger partial charge in [-0.2, -0.15) is 0 Å². The number of nitrogens with zero attached hydrogens (tertiary/aromatic N) is 1. The van der Waals surface area contributed by atoms with Crippen LogP contribution in [0.2, 0.25) is 0 Å². The zero-order valence-corrected chi connectivity index (χ0v) is 14.6. The average Bonchev–Trinajstić information content (AvgIpc) is 2.60. The molecule has 0 unspecified atom stereocenters. The van der Waals surface area contributed by atoms with E-state index in [2.05, 4.69) is 17.4 Å². The second kappa shape index (κ2) is 9.15. The number of oxime groups is 1. The molecule has 0 aliphatic heterocycles. The Morgan fingerprint density at radius 3 is 2.79 bits per heavy atom. The van der Waals surface area contributed by atoms with Gasteiger partial charge in [0.15, 0.2) is 6.61 Å². The van der Waals surface area contributed by atoms with Crippen LogP contribution in [0.4, 0.5) is 0 Å². The molecule has 1 saturated carbocycles. The monoisotopic (exact) mass is 334 g/mol. The Labute approximate surface area is 143 Å². The van der Waals surface area contributed by atoms with E-state index in [1.807, 2.05) is 0 Å². The standard InChI is InChI=1S/C18H26N2O4/c1-13-6-4-5-7-16(13)20-18(21)12-24-19-11-14-10-15(22-2)8-9-17(14)23-3/h8-11,13,16H,4-7,12H2,1-3H3,(H,20,21)/b19-11-/t13-,16-/m1/s1. The lowest BCUT2D eigenvalue weighted by atomic mass is 9.86. The number of rotatable bonds is 7. The first-order valence-corrected chi connectivity index (χ1v) is 8.30. The fraction of sp³-hybridized carbons (Fsp3) is 0.556. The molecule has 0 heterocycles. The number of hydrogen-bond acceptors (Lipinski definition) is 5. The number of hydrogen-bond donors (Lipinski definition) is 1. The first-order chi connectivity index (χ1) is 11.6. The lowest BCUT2D eigenvalue weighted by molar-refractivity contribution is -0.126. The molecule has 1 N–H and O–H groups in total. The Morgan fingerprint density at radius 2 is 2.08 bits per heavy atom. The predicted molar refractivity (Wildman–Crippen MR) is 92.7 cm³/mol. The highest BCUT2D eigenvalue weighted by Crippen LogP contribution is 2.24. The van der Waals surface area contributed by atoms with Crippen LogP contribution in [-0.2, 0) is 9.63 Å². The number of benzene rings is 1. The molecule has 0 saturated heterocycles. The molecule has 0 radical (unpaired) electrons. The summed E-state index contributed by atoms with van der Waals surface area (Å²) >= 11 is 0. The van der Waals surface area contributed by atoms with Crippen molar-refractivity contribution < 1.29 is 19.1 Å². The first kappa shape index (κ1) is 18.1. The Bertz CT molecular complexity index is 574. The van der Waals surface area contributed by atoms with Gasteiger partial charge in [-0.05, 0) is 37.0 Å². The van der Waals surface area contributed by atoms with Gasteiger partial charge in [-0.1, -0.05) is 24.9 Å². The summed E-state index contributed by atoms with van der Waals surface area (Å²) in [4.78, 5) is 17.0. The second-order valence-corrected chi connectivity index (χ2v) is 6.05. The summed E-state index contributed by atoms with van der Waals surface area (Å²) in [6.45, 7) is 2.09. The van der Waals surface area contributed by atoms with Crippen molar-refractivity contribution in [1.82, 2.24) is 5.32 Å². The average molecular weight is 334 g/mol. The van der Waals surface area contributed by atoms with Gasteiger partial charge < -0.3 is 19.6 Å². The summed E-state index contributed by atoms with van der Waals surface area (Å²) in [6.07, 6.45) is 6.13. The van der Waals surface area contributed by atoms with Gasteiger partial charge in [-0.25, -0.2) is 0 Å². The SMILES string of the molecule is COc1ccc(OC)c(/C=N\OCC(=O)N[C@@H]2CCCC[C@H]2C)c1. The Hall–Kier alpha value is -2.24. The number of carbonyl (C=O) groups is 1. The molecule has 2 rings (SSSR count). The van der Waals surface area contributed by atoms with Gasteiger partial charge in [0.05, 0.1) is 20.4 Å². The molecule has 0 aromatic heterocycles. The van der Waals surface area contributed by atoms with Gasteiger partial charge in [-0.3, -0.25) is 4.79 Å². The number of amides is 1. The van der Waals surface area contributed by atoms with Crippen LogP contribution in [0, 0.1) is 5.92 Å². The number of carbonyl (C=O) groups excluding carboxylic acids is 1. The van der Waals surface area contributed by atoms with E-state index in [-0.39, 0.29) is 18.6 Å². The zero-order chi connectivity index (χ0) is 17.4. The third-order valence-electron chi connectivity index (χ3n) is 4.36. The minimum atomic E-state index is -0.136. The molecule has 1 aliphatic carbocycles. The molecule has 0 bridgehead atoms. The van der Waals surface area contributed by atoms with E-state index in [9.17, 15) is 4.79 Å². The summed E-state index contributed by atoms with van der Waals surface area (Å²) < 4.78 is 10.4. The Morgan fingerprint density at radius 1 is 1.29 bits per heavy atom. The molecule has 1 amide bonds. The largest absolute Gasteiger partial charge is 0.497 e. The van der Waals surface area contributed by atoms with Crippen LogP contribution in [0.1, 0.15) is 38.2 Å². The van der Waals surface area contributed by atoms with Gasteiger partial charge in [0, 0.05) is 11.6 Å². The maximum atomic E-state index is 11.9. The van der Waals surface area contributed by atoms with E-state index in [0.29, 0.717) is 17.4 Å². The van der Waals surface area contributed by atoms with E-state index in [0.717, 1.165) is 12.0 Å². The van der Waals surface area contributed by atoms with Crippen molar-refractivity contribution in [3.05, 3.63) is 23.8 Å². The second-order valence-electron chi connectivity index (χ2n) is 6.05. The summed E-state index contributed by atoms with van der Waals surface area (Å²) in [7, 11) is 3.18. The lowest BCUT2D eigenvalue weighted by Gasteiger charge is -2.29. The third kappa shape index (κ3) is 5.15. The van der Waals surface area contributed by atoms with Crippen LogP contribution >= 0.6 is 0 Å². The molecule has 0 spiro atoms. The Kier molecular flexibility index (Phi) is 6.90. The molecule has 6 nitrogen and oxygen atoms in total. The maximum Gasteiger partial charge on any atom is 0.261 e. The molecular formula is C18H26N2O4. The fourth-order valence-electron chi connectivity index (χ4n) is 2.91. The molecule has 1 aromatic rings. The van der Waals surface area contributed by atoms with E-state index in [1.54, 1.807) is 32.4 Å². The van der Waals surface area contributed by atoms with Gasteiger partial charge >= 0.3 is 0 Å². The maximum absolute atomic E-state index is 11.9. The highest BCUT2D eigenvalue weighted by molar-refractivity contribution is 5.84. The Balaban J connectivity index is 1.82. The van der Waals surface area contributed by atoms with E-state index < -0.39 is 0 Å². The molecule has 132 valence electrons. The van der Waals surface area contributed by atoms with Gasteiger partial charge in [0.25, 0.3) is 5.91 Å². The summed E-state index contributed by atoms with van der Waals surface area (Å²) in [6, 6.07) is 5.63. The van der Waals surface area contributed by atoms with Crippen molar-refractivity contribution in [3.8, 4) is 11.5 Å². The predicted octanol–water partition coefficient (Wildman–Crippen LogP) is 2.75. The zero-order valence-electron chi connectivity index (χ0n) is 14.6. The van der Waals surface area contributed by atoms with Crippen LogP contribution < -0.4 is 14.8 Å². The van der Waals surface area contributed by atoms with Crippen LogP contribution in [0.5, 0.6) is 11.5 Å². The number of ether oxygens (including phenoxy) is 2. The van der Waals surface area contributed by atoms with Crippen LogP contribution in [-0.4, -0.2) is 39.0 Å². The van der Waals surface area contributed by atoms with Crippen molar-refractivity contribution in [1.29, 1.82) is 0 Å². The third-order valence-corrected chi connectivity index (χ3v) is 4.36. The fourth-order valence-corrected chi connectivity index (χ4v) is 2.91. The van der Waals surface area contributed by atoms with Crippen molar-refractivity contribution in [2.24, 2.45) is 11.1 Å². The van der Waals surface area contributed by atoms with Crippen LogP contribution in [0.15, 0.2) is 23.4 Å². The molecule has 24 heavy (non-hydrogen) atoms. The van der Waals surface area contributed by atoms with Crippen molar-refractivity contribution in [2.75, 3.05) is 20.8 Å². The number of nitrogens with one attached hydrogen (secondary N) is 1. The first-order valence-electron chi connectivity index (χ1n) is 8.30. The lowest BCUT2D eigenvalue weighted by Crippen LogP contribution is -2.42. The molecule has 6 heteroatoms. The molecule has 1 aromatic carbocycles. The van der Waals surface area contributed by atoms with E-state index in [4.69, 9.17) is 14.3 Å². The smallest absolute Gasteiger partial charge is 0.261 e. The molecular weight excluding hydrogens is 308 g/mol. The highest BCUT2D eigenvalue weighted by Gasteiger charge is 2.22. The van der Waals surface area contributed by atoms with Crippen LogP contribution in [0.3, 0.4) is 0 Å². The van der Waals surface area contributed by atoms with Gasteiger partial charge in [-0.15, -0.1) is 0 Å². The normalized spacial score (nSPS) is 20.6. The quantitative estimate of drug-likeness (QED) is 0.615. The summed E-state index contributed by atoms with van der Waals surface area (Å²) in [5, 5.41) is 6.88. The summed E-state index contributed by atoms with van der Waals surface area (Å²) in [5.41, 5.74) is 0.721. The van der Waals surface area contributed by atoms with Crippen molar-refractivity contribution in [2.45, 2.75) is 38.6 Å². The molecule has 1 fully saturated rings.